The SMILES string of the molecule is CN=C(NCc1cccc(CN2CCOCC2)c1)N1CCCC(C)C1.I. The maximum Gasteiger partial charge on any atom is 0.193 e. The molecule has 0 amide bonds. The van der Waals surface area contributed by atoms with E-state index in [9.17, 15) is 0 Å². The first-order valence-electron chi connectivity index (χ1n) is 9.58. The van der Waals surface area contributed by atoms with Crippen LogP contribution in [0.5, 0.6) is 0 Å². The Hall–Kier alpha value is -0.860. The zero-order valence-corrected chi connectivity index (χ0v) is 18.4. The Bertz CT molecular complexity index is 575. The van der Waals surface area contributed by atoms with Crippen LogP contribution in [0.2, 0.25) is 0 Å². The fourth-order valence-electron chi connectivity index (χ4n) is 3.75. The van der Waals surface area contributed by atoms with Crippen molar-refractivity contribution in [3.8, 4) is 0 Å². The van der Waals surface area contributed by atoms with Crippen molar-refractivity contribution in [1.29, 1.82) is 0 Å². The van der Waals surface area contributed by atoms with Crippen molar-refractivity contribution in [2.45, 2.75) is 32.9 Å². The third kappa shape index (κ3) is 6.39. The van der Waals surface area contributed by atoms with Gasteiger partial charge in [-0.25, -0.2) is 0 Å². The molecule has 1 N–H and O–H groups in total. The molecule has 0 aromatic heterocycles. The van der Waals surface area contributed by atoms with E-state index < -0.39 is 0 Å². The molecule has 2 saturated heterocycles. The normalized spacial score (nSPS) is 22.0. The predicted octanol–water partition coefficient (Wildman–Crippen LogP) is 2.94. The fourth-order valence-corrected chi connectivity index (χ4v) is 3.75. The van der Waals surface area contributed by atoms with E-state index in [1.807, 2.05) is 7.05 Å². The third-order valence-electron chi connectivity index (χ3n) is 5.12. The van der Waals surface area contributed by atoms with Crippen molar-refractivity contribution >= 4 is 29.9 Å². The van der Waals surface area contributed by atoms with Gasteiger partial charge < -0.3 is 15.0 Å². The Morgan fingerprint density at radius 3 is 2.73 bits per heavy atom. The van der Waals surface area contributed by atoms with Crippen LogP contribution in [0.4, 0.5) is 0 Å². The molecule has 0 bridgehead atoms. The van der Waals surface area contributed by atoms with Gasteiger partial charge in [-0.05, 0) is 29.9 Å². The summed E-state index contributed by atoms with van der Waals surface area (Å²) in [5.74, 6) is 1.79. The van der Waals surface area contributed by atoms with Crippen molar-refractivity contribution in [1.82, 2.24) is 15.1 Å². The number of hydrogen-bond donors (Lipinski definition) is 1. The zero-order valence-electron chi connectivity index (χ0n) is 16.1. The number of guanidine groups is 1. The van der Waals surface area contributed by atoms with Gasteiger partial charge >= 0.3 is 0 Å². The molecule has 0 spiro atoms. The topological polar surface area (TPSA) is 40.1 Å². The summed E-state index contributed by atoms with van der Waals surface area (Å²) in [6.45, 7) is 10.2. The van der Waals surface area contributed by atoms with Gasteiger partial charge in [-0.15, -0.1) is 24.0 Å². The summed E-state index contributed by atoms with van der Waals surface area (Å²) in [6, 6.07) is 8.90. The molecule has 1 unspecified atom stereocenters. The number of ether oxygens (including phenoxy) is 1. The lowest BCUT2D eigenvalue weighted by Gasteiger charge is -2.33. The molecule has 5 nitrogen and oxygen atoms in total. The first-order chi connectivity index (χ1) is 12.2. The Morgan fingerprint density at radius 2 is 2.00 bits per heavy atom. The van der Waals surface area contributed by atoms with Gasteiger partial charge in [0.25, 0.3) is 0 Å². The summed E-state index contributed by atoms with van der Waals surface area (Å²) < 4.78 is 5.43. The van der Waals surface area contributed by atoms with Crippen molar-refractivity contribution in [2.75, 3.05) is 46.4 Å². The molecule has 1 atom stereocenters. The zero-order chi connectivity index (χ0) is 17.5. The molecule has 146 valence electrons. The van der Waals surface area contributed by atoms with E-state index in [4.69, 9.17) is 4.74 Å². The average Bonchev–Trinajstić information content (AvgIpc) is 2.63. The number of nitrogens with zero attached hydrogens (tertiary/aromatic N) is 3. The molecule has 0 saturated carbocycles. The quantitative estimate of drug-likeness (QED) is 0.416. The Balaban J connectivity index is 0.00000243. The second kappa shape index (κ2) is 11.1. The van der Waals surface area contributed by atoms with Gasteiger partial charge in [-0.3, -0.25) is 9.89 Å². The predicted molar refractivity (Wildman–Crippen MR) is 118 cm³/mol. The van der Waals surface area contributed by atoms with Crippen LogP contribution in [0.25, 0.3) is 0 Å². The van der Waals surface area contributed by atoms with Gasteiger partial charge in [0.15, 0.2) is 5.96 Å². The number of nitrogens with one attached hydrogen (secondary N) is 1. The minimum absolute atomic E-state index is 0. The lowest BCUT2D eigenvalue weighted by molar-refractivity contribution is 0.0342. The molecule has 0 radical (unpaired) electrons. The van der Waals surface area contributed by atoms with Crippen LogP contribution < -0.4 is 5.32 Å². The monoisotopic (exact) mass is 472 g/mol. The second-order valence-corrected chi connectivity index (χ2v) is 7.30. The van der Waals surface area contributed by atoms with Gasteiger partial charge in [0.2, 0.25) is 0 Å². The molecule has 6 heteroatoms. The van der Waals surface area contributed by atoms with Crippen molar-refractivity contribution in [3.63, 3.8) is 0 Å². The highest BCUT2D eigenvalue weighted by molar-refractivity contribution is 14.0. The second-order valence-electron chi connectivity index (χ2n) is 7.30. The largest absolute Gasteiger partial charge is 0.379 e. The number of piperidine rings is 1. The molecule has 2 heterocycles. The maximum atomic E-state index is 5.43. The van der Waals surface area contributed by atoms with Crippen LogP contribution in [-0.2, 0) is 17.8 Å². The molecule has 3 rings (SSSR count). The van der Waals surface area contributed by atoms with Gasteiger partial charge in [-0.1, -0.05) is 31.2 Å². The summed E-state index contributed by atoms with van der Waals surface area (Å²) in [7, 11) is 1.89. The number of rotatable bonds is 4. The lowest BCUT2D eigenvalue weighted by atomic mass is 10.0. The molecular formula is C20H33IN4O. The van der Waals surface area contributed by atoms with E-state index in [2.05, 4.69) is 51.3 Å². The number of aliphatic imine (C=N–C) groups is 1. The van der Waals surface area contributed by atoms with Crippen molar-refractivity contribution < 1.29 is 4.74 Å². The van der Waals surface area contributed by atoms with Crippen LogP contribution in [0.15, 0.2) is 29.3 Å². The van der Waals surface area contributed by atoms with Crippen LogP contribution in [-0.4, -0.2) is 62.2 Å². The lowest BCUT2D eigenvalue weighted by Crippen LogP contribution is -2.45. The Kier molecular flexibility index (Phi) is 9.15. The third-order valence-corrected chi connectivity index (χ3v) is 5.12. The number of hydrogen-bond acceptors (Lipinski definition) is 3. The van der Waals surface area contributed by atoms with Crippen molar-refractivity contribution in [2.24, 2.45) is 10.9 Å². The summed E-state index contributed by atoms with van der Waals surface area (Å²) in [4.78, 5) is 9.34. The van der Waals surface area contributed by atoms with E-state index >= 15 is 0 Å². The molecule has 2 aliphatic rings. The standard InChI is InChI=1S/C20H32N4O.HI/c1-17-5-4-8-24(15-17)20(21-2)22-14-18-6-3-7-19(13-18)16-23-9-11-25-12-10-23;/h3,6-7,13,17H,4-5,8-12,14-16H2,1-2H3,(H,21,22);1H. The first-order valence-corrected chi connectivity index (χ1v) is 9.58. The summed E-state index contributed by atoms with van der Waals surface area (Å²) in [6.07, 6.45) is 2.59. The van der Waals surface area contributed by atoms with Crippen LogP contribution in [0, 0.1) is 5.92 Å². The minimum Gasteiger partial charge on any atom is -0.379 e. The summed E-state index contributed by atoms with van der Waals surface area (Å²) >= 11 is 0. The molecular weight excluding hydrogens is 439 g/mol. The van der Waals surface area contributed by atoms with E-state index in [-0.39, 0.29) is 24.0 Å². The van der Waals surface area contributed by atoms with Gasteiger partial charge in [0.05, 0.1) is 13.2 Å². The smallest absolute Gasteiger partial charge is 0.193 e. The number of morpholine rings is 1. The van der Waals surface area contributed by atoms with E-state index in [1.165, 1.54) is 24.0 Å². The average molecular weight is 472 g/mol. The molecule has 0 aliphatic carbocycles. The number of benzene rings is 1. The Labute approximate surface area is 175 Å². The van der Waals surface area contributed by atoms with Crippen LogP contribution in [0.3, 0.4) is 0 Å². The van der Waals surface area contributed by atoms with Gasteiger partial charge in [0.1, 0.15) is 0 Å². The van der Waals surface area contributed by atoms with Gasteiger partial charge in [0, 0.05) is 46.3 Å². The van der Waals surface area contributed by atoms with E-state index in [0.717, 1.165) is 64.4 Å². The summed E-state index contributed by atoms with van der Waals surface area (Å²) in [5, 5.41) is 3.55. The van der Waals surface area contributed by atoms with E-state index in [0.29, 0.717) is 0 Å². The summed E-state index contributed by atoms with van der Waals surface area (Å²) in [5.41, 5.74) is 2.69. The first kappa shape index (κ1) is 21.4. The highest BCUT2D eigenvalue weighted by Gasteiger charge is 2.19. The molecule has 2 fully saturated rings. The van der Waals surface area contributed by atoms with Crippen LogP contribution in [0.1, 0.15) is 30.9 Å². The number of likely N-dealkylation sites (tertiary alicyclic amines) is 1. The number of halogens is 1. The highest BCUT2D eigenvalue weighted by atomic mass is 127. The van der Waals surface area contributed by atoms with Crippen molar-refractivity contribution in [3.05, 3.63) is 35.4 Å². The maximum absolute atomic E-state index is 5.43. The molecule has 1 aromatic rings. The highest BCUT2D eigenvalue weighted by Crippen LogP contribution is 2.16. The molecule has 2 aliphatic heterocycles. The van der Waals surface area contributed by atoms with E-state index in [1.54, 1.807) is 0 Å². The molecule has 1 aromatic carbocycles. The Morgan fingerprint density at radius 1 is 1.23 bits per heavy atom. The molecule has 26 heavy (non-hydrogen) atoms. The van der Waals surface area contributed by atoms with Crippen LogP contribution >= 0.6 is 24.0 Å². The minimum atomic E-state index is 0. The fraction of sp³-hybridized carbons (Fsp3) is 0.650. The van der Waals surface area contributed by atoms with Gasteiger partial charge in [-0.2, -0.15) is 0 Å².